The topological polar surface area (TPSA) is 55.1 Å². The molecular formula is C14H20N2OS. The van der Waals surface area contributed by atoms with Crippen LogP contribution in [0.3, 0.4) is 0 Å². The van der Waals surface area contributed by atoms with Crippen molar-refractivity contribution in [2.45, 2.75) is 26.7 Å². The molecule has 0 aliphatic heterocycles. The number of carbonyl (C=O) groups is 1. The van der Waals surface area contributed by atoms with E-state index in [2.05, 4.69) is 24.4 Å². The minimum absolute atomic E-state index is 0.0708. The van der Waals surface area contributed by atoms with Gasteiger partial charge in [-0.3, -0.25) is 4.79 Å². The van der Waals surface area contributed by atoms with E-state index in [0.29, 0.717) is 13.0 Å². The molecule has 0 aliphatic carbocycles. The van der Waals surface area contributed by atoms with Crippen LogP contribution in [-0.4, -0.2) is 17.4 Å². The summed E-state index contributed by atoms with van der Waals surface area (Å²) in [5.74, 6) is -0.421. The van der Waals surface area contributed by atoms with Gasteiger partial charge in [0.1, 0.15) is 0 Å². The van der Waals surface area contributed by atoms with Crippen molar-refractivity contribution in [3.05, 3.63) is 35.4 Å². The van der Waals surface area contributed by atoms with E-state index in [1.54, 1.807) is 0 Å². The van der Waals surface area contributed by atoms with Crippen molar-refractivity contribution < 1.29 is 4.79 Å². The molecule has 98 valence electrons. The monoisotopic (exact) mass is 264 g/mol. The van der Waals surface area contributed by atoms with E-state index in [4.69, 9.17) is 18.0 Å². The summed E-state index contributed by atoms with van der Waals surface area (Å²) in [6.45, 7) is 4.59. The molecule has 0 saturated heterocycles. The molecule has 1 aromatic rings. The molecule has 0 fully saturated rings. The summed E-state index contributed by atoms with van der Waals surface area (Å²) in [5, 5.41) is 2.88. The molecule has 1 rings (SSSR count). The second kappa shape index (κ2) is 7.11. The number of hydrogen-bond acceptors (Lipinski definition) is 2. The highest BCUT2D eigenvalue weighted by atomic mass is 32.1. The number of aryl methyl sites for hydroxylation is 1. The third kappa shape index (κ3) is 4.11. The maximum absolute atomic E-state index is 11.8. The maximum Gasteiger partial charge on any atom is 0.229 e. The second-order valence-corrected chi connectivity index (χ2v) is 4.80. The predicted molar refractivity (Wildman–Crippen MR) is 78.5 cm³/mol. The van der Waals surface area contributed by atoms with Crippen molar-refractivity contribution in [1.29, 1.82) is 0 Å². The Balaban J connectivity index is 2.45. The molecule has 0 heterocycles. The molecule has 0 radical (unpaired) electrons. The van der Waals surface area contributed by atoms with E-state index >= 15 is 0 Å². The van der Waals surface area contributed by atoms with Crippen molar-refractivity contribution in [2.24, 2.45) is 11.7 Å². The van der Waals surface area contributed by atoms with Crippen molar-refractivity contribution in [2.75, 3.05) is 6.54 Å². The SMILES string of the molecule is CCC(C(=O)NCCc1ccccc1C)C(N)=S. The number of amides is 1. The van der Waals surface area contributed by atoms with Gasteiger partial charge in [-0.2, -0.15) is 0 Å². The first-order valence-electron chi connectivity index (χ1n) is 6.17. The van der Waals surface area contributed by atoms with Gasteiger partial charge in [0.15, 0.2) is 0 Å². The lowest BCUT2D eigenvalue weighted by Crippen LogP contribution is -2.38. The number of hydrogen-bond donors (Lipinski definition) is 2. The minimum Gasteiger partial charge on any atom is -0.393 e. The molecule has 0 saturated carbocycles. The van der Waals surface area contributed by atoms with Gasteiger partial charge in [0.25, 0.3) is 0 Å². The summed E-state index contributed by atoms with van der Waals surface area (Å²) in [6, 6.07) is 8.17. The smallest absolute Gasteiger partial charge is 0.229 e. The first kappa shape index (κ1) is 14.6. The standard InChI is InChI=1S/C14H20N2OS/c1-3-12(13(15)18)14(17)16-9-8-11-7-5-4-6-10(11)2/h4-7,12H,3,8-9H2,1-2H3,(H2,15,18)(H,16,17). The van der Waals surface area contributed by atoms with Gasteiger partial charge < -0.3 is 11.1 Å². The summed E-state index contributed by atoms with van der Waals surface area (Å²) in [6.07, 6.45) is 1.47. The number of carbonyl (C=O) groups excluding carboxylic acids is 1. The Hall–Kier alpha value is -1.42. The maximum atomic E-state index is 11.8. The molecule has 3 N–H and O–H groups in total. The highest BCUT2D eigenvalue weighted by molar-refractivity contribution is 7.80. The Morgan fingerprint density at radius 3 is 2.67 bits per heavy atom. The fraction of sp³-hybridized carbons (Fsp3) is 0.429. The average molecular weight is 264 g/mol. The third-order valence-electron chi connectivity index (χ3n) is 3.02. The normalized spacial score (nSPS) is 11.9. The highest BCUT2D eigenvalue weighted by Crippen LogP contribution is 2.07. The van der Waals surface area contributed by atoms with Gasteiger partial charge in [-0.05, 0) is 30.9 Å². The van der Waals surface area contributed by atoms with E-state index < -0.39 is 0 Å². The molecule has 1 amide bonds. The predicted octanol–water partition coefficient (Wildman–Crippen LogP) is 1.97. The average Bonchev–Trinajstić information content (AvgIpc) is 2.32. The van der Waals surface area contributed by atoms with E-state index in [0.717, 1.165) is 6.42 Å². The zero-order valence-corrected chi connectivity index (χ0v) is 11.7. The van der Waals surface area contributed by atoms with Crippen LogP contribution in [0.15, 0.2) is 24.3 Å². The molecule has 4 heteroatoms. The van der Waals surface area contributed by atoms with Gasteiger partial charge >= 0.3 is 0 Å². The first-order chi connectivity index (χ1) is 8.56. The summed E-state index contributed by atoms with van der Waals surface area (Å²) >= 11 is 4.87. The van der Waals surface area contributed by atoms with E-state index in [1.165, 1.54) is 11.1 Å². The van der Waals surface area contributed by atoms with Crippen LogP contribution in [0.4, 0.5) is 0 Å². The lowest BCUT2D eigenvalue weighted by molar-refractivity contribution is -0.123. The van der Waals surface area contributed by atoms with Crippen molar-refractivity contribution in [1.82, 2.24) is 5.32 Å². The quantitative estimate of drug-likeness (QED) is 0.772. The van der Waals surface area contributed by atoms with E-state index in [1.807, 2.05) is 19.1 Å². The number of nitrogens with one attached hydrogen (secondary N) is 1. The van der Waals surface area contributed by atoms with Crippen LogP contribution in [0.5, 0.6) is 0 Å². The van der Waals surface area contributed by atoms with Gasteiger partial charge in [0.2, 0.25) is 5.91 Å². The molecule has 18 heavy (non-hydrogen) atoms. The van der Waals surface area contributed by atoms with Crippen LogP contribution in [0.2, 0.25) is 0 Å². The number of nitrogens with two attached hydrogens (primary N) is 1. The number of rotatable bonds is 6. The molecule has 0 spiro atoms. The lowest BCUT2D eigenvalue weighted by Gasteiger charge is -2.13. The summed E-state index contributed by atoms with van der Waals surface area (Å²) in [7, 11) is 0. The fourth-order valence-electron chi connectivity index (χ4n) is 1.85. The lowest BCUT2D eigenvalue weighted by atomic mass is 10.0. The molecule has 1 unspecified atom stereocenters. The van der Waals surface area contributed by atoms with Crippen molar-refractivity contribution in [3.63, 3.8) is 0 Å². The largest absolute Gasteiger partial charge is 0.393 e. The van der Waals surface area contributed by atoms with Crippen LogP contribution >= 0.6 is 12.2 Å². The minimum atomic E-state index is -0.350. The second-order valence-electron chi connectivity index (χ2n) is 4.33. The Morgan fingerprint density at radius 1 is 1.44 bits per heavy atom. The van der Waals surface area contributed by atoms with Gasteiger partial charge in [0, 0.05) is 6.54 Å². The van der Waals surface area contributed by atoms with Crippen LogP contribution in [0.25, 0.3) is 0 Å². The van der Waals surface area contributed by atoms with E-state index in [-0.39, 0.29) is 16.8 Å². The van der Waals surface area contributed by atoms with Crippen LogP contribution in [0, 0.1) is 12.8 Å². The number of thiocarbonyl (C=S) groups is 1. The fourth-order valence-corrected chi connectivity index (χ4v) is 2.12. The molecular weight excluding hydrogens is 244 g/mol. The zero-order valence-electron chi connectivity index (χ0n) is 10.9. The van der Waals surface area contributed by atoms with Gasteiger partial charge in [-0.1, -0.05) is 43.4 Å². The summed E-state index contributed by atoms with van der Waals surface area (Å²) < 4.78 is 0. The molecule has 0 bridgehead atoms. The number of benzene rings is 1. The Kier molecular flexibility index (Phi) is 5.78. The first-order valence-corrected chi connectivity index (χ1v) is 6.58. The van der Waals surface area contributed by atoms with Gasteiger partial charge in [0.05, 0.1) is 10.9 Å². The molecule has 0 aliphatic rings. The van der Waals surface area contributed by atoms with E-state index in [9.17, 15) is 4.79 Å². The van der Waals surface area contributed by atoms with Crippen LogP contribution < -0.4 is 11.1 Å². The molecule has 1 atom stereocenters. The zero-order chi connectivity index (χ0) is 13.5. The third-order valence-corrected chi connectivity index (χ3v) is 3.31. The summed E-state index contributed by atoms with van der Waals surface area (Å²) in [4.78, 5) is 12.1. The van der Waals surface area contributed by atoms with Crippen molar-refractivity contribution in [3.8, 4) is 0 Å². The van der Waals surface area contributed by atoms with Crippen LogP contribution in [-0.2, 0) is 11.2 Å². The highest BCUT2D eigenvalue weighted by Gasteiger charge is 2.18. The Labute approximate surface area is 114 Å². The molecule has 1 aromatic carbocycles. The van der Waals surface area contributed by atoms with Gasteiger partial charge in [-0.15, -0.1) is 0 Å². The molecule has 3 nitrogen and oxygen atoms in total. The van der Waals surface area contributed by atoms with Gasteiger partial charge in [-0.25, -0.2) is 0 Å². The summed E-state index contributed by atoms with van der Waals surface area (Å²) in [5.41, 5.74) is 8.02. The van der Waals surface area contributed by atoms with Crippen molar-refractivity contribution >= 4 is 23.1 Å². The van der Waals surface area contributed by atoms with Crippen LogP contribution in [0.1, 0.15) is 24.5 Å². The Morgan fingerprint density at radius 2 is 2.11 bits per heavy atom. The Bertz CT molecular complexity index is 432. The molecule has 0 aromatic heterocycles.